The van der Waals surface area contributed by atoms with Gasteiger partial charge in [-0.2, -0.15) is 0 Å². The Kier molecular flexibility index (Phi) is 2.86. The lowest BCUT2D eigenvalue weighted by molar-refractivity contribution is 0.145. The molecule has 1 aromatic rings. The van der Waals surface area contributed by atoms with E-state index >= 15 is 0 Å². The summed E-state index contributed by atoms with van der Waals surface area (Å²) in [4.78, 5) is 6.05. The Labute approximate surface area is 88.6 Å². The van der Waals surface area contributed by atoms with Crippen molar-refractivity contribution >= 4 is 5.69 Å². The minimum absolute atomic E-state index is 0.204. The summed E-state index contributed by atoms with van der Waals surface area (Å²) in [5.74, 6) is -0.265. The van der Waals surface area contributed by atoms with Crippen LogP contribution in [-0.4, -0.2) is 29.3 Å². The van der Waals surface area contributed by atoms with E-state index in [4.69, 9.17) is 0 Å². The van der Waals surface area contributed by atoms with Crippen LogP contribution in [-0.2, 0) is 0 Å². The molecule has 1 fully saturated rings. The standard InChI is InChI=1S/C11H15FN2O/c1-8-11(12)6-9(7-13-8)14-4-2-10(15)3-5-14/h6-7,10,15H,2-5H2,1H3. The van der Waals surface area contributed by atoms with Crippen LogP contribution in [0.5, 0.6) is 0 Å². The molecule has 1 saturated heterocycles. The molecule has 15 heavy (non-hydrogen) atoms. The van der Waals surface area contributed by atoms with E-state index in [2.05, 4.69) is 9.88 Å². The summed E-state index contributed by atoms with van der Waals surface area (Å²) in [5, 5.41) is 9.36. The zero-order chi connectivity index (χ0) is 10.8. The Bertz CT molecular complexity index is 348. The van der Waals surface area contributed by atoms with Crippen LogP contribution in [0.15, 0.2) is 12.3 Å². The van der Waals surface area contributed by atoms with Gasteiger partial charge in [0.2, 0.25) is 0 Å². The van der Waals surface area contributed by atoms with Crippen molar-refractivity contribution in [2.45, 2.75) is 25.9 Å². The molecule has 82 valence electrons. The molecule has 1 aliphatic heterocycles. The van der Waals surface area contributed by atoms with Crippen molar-refractivity contribution in [2.75, 3.05) is 18.0 Å². The third-order valence-corrected chi connectivity index (χ3v) is 2.84. The van der Waals surface area contributed by atoms with Gasteiger partial charge >= 0.3 is 0 Å². The average molecular weight is 210 g/mol. The first-order chi connectivity index (χ1) is 7.16. The Morgan fingerprint density at radius 3 is 2.73 bits per heavy atom. The number of halogens is 1. The normalized spacial score (nSPS) is 18.2. The third kappa shape index (κ3) is 2.26. The zero-order valence-electron chi connectivity index (χ0n) is 8.78. The van der Waals surface area contributed by atoms with E-state index in [1.165, 1.54) is 6.07 Å². The number of nitrogens with zero attached hydrogens (tertiary/aromatic N) is 2. The van der Waals surface area contributed by atoms with Gasteiger partial charge in [0.05, 0.1) is 23.7 Å². The lowest BCUT2D eigenvalue weighted by Gasteiger charge is -2.31. The second-order valence-electron chi connectivity index (χ2n) is 3.98. The molecule has 0 aliphatic carbocycles. The van der Waals surface area contributed by atoms with Gasteiger partial charge in [-0.1, -0.05) is 0 Å². The van der Waals surface area contributed by atoms with Crippen LogP contribution in [0.3, 0.4) is 0 Å². The topological polar surface area (TPSA) is 36.4 Å². The molecule has 0 spiro atoms. The number of aliphatic hydroxyl groups excluding tert-OH is 1. The second-order valence-corrected chi connectivity index (χ2v) is 3.98. The first-order valence-corrected chi connectivity index (χ1v) is 5.22. The highest BCUT2D eigenvalue weighted by Gasteiger charge is 2.17. The summed E-state index contributed by atoms with van der Waals surface area (Å²) < 4.78 is 13.3. The Hall–Kier alpha value is -1.16. The van der Waals surface area contributed by atoms with Crippen molar-refractivity contribution < 1.29 is 9.50 Å². The number of anilines is 1. The van der Waals surface area contributed by atoms with Gasteiger partial charge in [-0.15, -0.1) is 0 Å². The lowest BCUT2D eigenvalue weighted by Crippen LogP contribution is -2.35. The van der Waals surface area contributed by atoms with E-state index in [0.29, 0.717) is 5.69 Å². The zero-order valence-corrected chi connectivity index (χ0v) is 8.78. The molecule has 1 aliphatic rings. The molecule has 0 bridgehead atoms. The fourth-order valence-electron chi connectivity index (χ4n) is 1.79. The monoisotopic (exact) mass is 210 g/mol. The maximum absolute atomic E-state index is 13.3. The molecule has 0 radical (unpaired) electrons. The summed E-state index contributed by atoms with van der Waals surface area (Å²) >= 11 is 0. The number of pyridine rings is 1. The molecular formula is C11H15FN2O. The van der Waals surface area contributed by atoms with Crippen LogP contribution in [0.25, 0.3) is 0 Å². The summed E-state index contributed by atoms with van der Waals surface area (Å²) in [5.41, 5.74) is 1.24. The van der Waals surface area contributed by atoms with E-state index in [0.717, 1.165) is 31.6 Å². The largest absolute Gasteiger partial charge is 0.393 e. The average Bonchev–Trinajstić information content (AvgIpc) is 2.23. The van der Waals surface area contributed by atoms with E-state index < -0.39 is 0 Å². The quantitative estimate of drug-likeness (QED) is 0.763. The van der Waals surface area contributed by atoms with E-state index in [9.17, 15) is 9.50 Å². The lowest BCUT2D eigenvalue weighted by atomic mass is 10.1. The van der Waals surface area contributed by atoms with Gasteiger partial charge in [0.1, 0.15) is 5.82 Å². The molecule has 3 nitrogen and oxygen atoms in total. The Morgan fingerprint density at radius 1 is 1.47 bits per heavy atom. The van der Waals surface area contributed by atoms with Crippen molar-refractivity contribution in [3.8, 4) is 0 Å². The summed E-state index contributed by atoms with van der Waals surface area (Å²) in [6.07, 6.45) is 2.98. The highest BCUT2D eigenvalue weighted by Crippen LogP contribution is 2.20. The highest BCUT2D eigenvalue weighted by atomic mass is 19.1. The van der Waals surface area contributed by atoms with Crippen molar-refractivity contribution in [3.63, 3.8) is 0 Å². The van der Waals surface area contributed by atoms with Crippen molar-refractivity contribution in [1.29, 1.82) is 0 Å². The fourth-order valence-corrected chi connectivity index (χ4v) is 1.79. The number of piperidine rings is 1. The molecule has 0 saturated carbocycles. The fraction of sp³-hybridized carbons (Fsp3) is 0.545. The Balaban J connectivity index is 2.12. The predicted octanol–water partition coefficient (Wildman–Crippen LogP) is 1.49. The first kappa shape index (κ1) is 10.4. The number of aromatic nitrogens is 1. The van der Waals surface area contributed by atoms with Gasteiger partial charge in [0.15, 0.2) is 0 Å². The first-order valence-electron chi connectivity index (χ1n) is 5.22. The van der Waals surface area contributed by atoms with E-state index in [1.807, 2.05) is 0 Å². The van der Waals surface area contributed by atoms with Crippen molar-refractivity contribution in [1.82, 2.24) is 4.98 Å². The number of aliphatic hydroxyl groups is 1. The van der Waals surface area contributed by atoms with Gasteiger partial charge in [-0.3, -0.25) is 4.98 Å². The van der Waals surface area contributed by atoms with Crippen LogP contribution < -0.4 is 4.90 Å². The summed E-state index contributed by atoms with van der Waals surface area (Å²) in [6.45, 7) is 3.19. The molecule has 0 unspecified atom stereocenters. The van der Waals surface area contributed by atoms with Crippen LogP contribution in [0.1, 0.15) is 18.5 Å². The van der Waals surface area contributed by atoms with Gasteiger partial charge in [-0.05, 0) is 19.8 Å². The maximum atomic E-state index is 13.3. The predicted molar refractivity (Wildman–Crippen MR) is 56.4 cm³/mol. The van der Waals surface area contributed by atoms with E-state index in [1.54, 1.807) is 13.1 Å². The molecule has 0 aromatic carbocycles. The minimum atomic E-state index is -0.265. The van der Waals surface area contributed by atoms with Crippen molar-refractivity contribution in [3.05, 3.63) is 23.8 Å². The molecule has 2 heterocycles. The molecule has 4 heteroatoms. The SMILES string of the molecule is Cc1ncc(N2CCC(O)CC2)cc1F. The molecule has 1 N–H and O–H groups in total. The smallest absolute Gasteiger partial charge is 0.146 e. The van der Waals surface area contributed by atoms with Gasteiger partial charge in [0.25, 0.3) is 0 Å². The Morgan fingerprint density at radius 2 is 2.13 bits per heavy atom. The van der Waals surface area contributed by atoms with E-state index in [-0.39, 0.29) is 11.9 Å². The second kappa shape index (κ2) is 4.14. The number of aryl methyl sites for hydroxylation is 1. The molecular weight excluding hydrogens is 195 g/mol. The van der Waals surface area contributed by atoms with Crippen LogP contribution >= 0.6 is 0 Å². The van der Waals surface area contributed by atoms with Crippen LogP contribution in [0.4, 0.5) is 10.1 Å². The number of hydrogen-bond donors (Lipinski definition) is 1. The summed E-state index contributed by atoms with van der Waals surface area (Å²) in [7, 11) is 0. The number of hydrogen-bond acceptors (Lipinski definition) is 3. The number of rotatable bonds is 1. The van der Waals surface area contributed by atoms with Crippen LogP contribution in [0.2, 0.25) is 0 Å². The molecule has 1 aromatic heterocycles. The molecule has 0 amide bonds. The minimum Gasteiger partial charge on any atom is -0.393 e. The van der Waals surface area contributed by atoms with Crippen LogP contribution in [0, 0.1) is 12.7 Å². The maximum Gasteiger partial charge on any atom is 0.146 e. The van der Waals surface area contributed by atoms with Gasteiger partial charge < -0.3 is 10.0 Å². The third-order valence-electron chi connectivity index (χ3n) is 2.84. The molecule has 0 atom stereocenters. The van der Waals surface area contributed by atoms with Crippen molar-refractivity contribution in [2.24, 2.45) is 0 Å². The van der Waals surface area contributed by atoms with Gasteiger partial charge in [-0.25, -0.2) is 4.39 Å². The highest BCUT2D eigenvalue weighted by molar-refractivity contribution is 5.45. The molecule has 2 rings (SSSR count). The van der Waals surface area contributed by atoms with Gasteiger partial charge in [0, 0.05) is 19.2 Å². The summed E-state index contributed by atoms with van der Waals surface area (Å²) in [6, 6.07) is 1.51.